The van der Waals surface area contributed by atoms with Crippen molar-refractivity contribution in [2.75, 3.05) is 6.54 Å². The van der Waals surface area contributed by atoms with E-state index >= 15 is 0 Å². The van der Waals surface area contributed by atoms with Gasteiger partial charge in [-0.05, 0) is 50.3 Å². The summed E-state index contributed by atoms with van der Waals surface area (Å²) in [5.41, 5.74) is 3.70. The lowest BCUT2D eigenvalue weighted by atomic mass is 10.1. The summed E-state index contributed by atoms with van der Waals surface area (Å²) in [5, 5.41) is 2.96. The molecule has 3 heteroatoms. The van der Waals surface area contributed by atoms with E-state index in [0.29, 0.717) is 6.54 Å². The normalized spacial score (nSPS) is 11.8. The van der Waals surface area contributed by atoms with Gasteiger partial charge in [-0.3, -0.25) is 4.79 Å². The molecule has 0 aliphatic heterocycles. The van der Waals surface area contributed by atoms with Crippen LogP contribution in [0.25, 0.3) is 0 Å². The molecule has 2 aromatic carbocycles. The molecule has 3 nitrogen and oxygen atoms in total. The van der Waals surface area contributed by atoms with Crippen LogP contribution < -0.4 is 10.1 Å². The van der Waals surface area contributed by atoms with Crippen molar-refractivity contribution in [1.29, 1.82) is 0 Å². The lowest BCUT2D eigenvalue weighted by Gasteiger charge is -2.17. The molecular formula is C21H27NO2. The van der Waals surface area contributed by atoms with E-state index in [1.165, 1.54) is 11.1 Å². The molecule has 2 aromatic rings. The predicted octanol–water partition coefficient (Wildman–Crippen LogP) is 4.07. The van der Waals surface area contributed by atoms with Crippen molar-refractivity contribution in [2.24, 2.45) is 0 Å². The van der Waals surface area contributed by atoms with Gasteiger partial charge in [0.05, 0.1) is 0 Å². The van der Waals surface area contributed by atoms with Crippen LogP contribution in [0.3, 0.4) is 0 Å². The fourth-order valence-electron chi connectivity index (χ4n) is 2.67. The highest BCUT2D eigenvalue weighted by molar-refractivity contribution is 5.80. The Balaban J connectivity index is 1.75. The summed E-state index contributed by atoms with van der Waals surface area (Å²) >= 11 is 0. The van der Waals surface area contributed by atoms with Crippen molar-refractivity contribution >= 4 is 5.91 Å². The van der Waals surface area contributed by atoms with Gasteiger partial charge in [0.15, 0.2) is 6.10 Å². The number of hydrogen-bond acceptors (Lipinski definition) is 2. The zero-order valence-corrected chi connectivity index (χ0v) is 14.8. The van der Waals surface area contributed by atoms with Gasteiger partial charge in [0.2, 0.25) is 0 Å². The van der Waals surface area contributed by atoms with Gasteiger partial charge in [-0.15, -0.1) is 0 Å². The van der Waals surface area contributed by atoms with E-state index in [9.17, 15) is 4.79 Å². The Labute approximate surface area is 145 Å². The first-order valence-electron chi connectivity index (χ1n) is 8.68. The number of ether oxygens (including phenoxy) is 1. The molecule has 0 aromatic heterocycles. The van der Waals surface area contributed by atoms with Crippen LogP contribution in [0.2, 0.25) is 0 Å². The van der Waals surface area contributed by atoms with Gasteiger partial charge >= 0.3 is 0 Å². The maximum Gasteiger partial charge on any atom is 0.260 e. The minimum absolute atomic E-state index is 0.0647. The average molecular weight is 325 g/mol. The second-order valence-electron chi connectivity index (χ2n) is 6.10. The van der Waals surface area contributed by atoms with Crippen molar-refractivity contribution in [1.82, 2.24) is 5.32 Å². The molecule has 0 radical (unpaired) electrons. The summed E-state index contributed by atoms with van der Waals surface area (Å²) in [6, 6.07) is 16.4. The van der Waals surface area contributed by atoms with Gasteiger partial charge in [0.25, 0.3) is 5.91 Å². The van der Waals surface area contributed by atoms with E-state index in [4.69, 9.17) is 4.74 Å². The second kappa shape index (κ2) is 9.11. The third-order valence-electron chi connectivity index (χ3n) is 4.05. The van der Waals surface area contributed by atoms with Gasteiger partial charge in [-0.2, -0.15) is 0 Å². The molecule has 2 rings (SSSR count). The predicted molar refractivity (Wildman–Crippen MR) is 98.4 cm³/mol. The van der Waals surface area contributed by atoms with Crippen LogP contribution in [-0.2, 0) is 17.6 Å². The average Bonchev–Trinajstić information content (AvgIpc) is 2.59. The summed E-state index contributed by atoms with van der Waals surface area (Å²) in [7, 11) is 0. The minimum atomic E-state index is -0.489. The Morgan fingerprint density at radius 3 is 2.71 bits per heavy atom. The van der Waals surface area contributed by atoms with E-state index in [1.807, 2.05) is 24.3 Å². The summed E-state index contributed by atoms with van der Waals surface area (Å²) < 4.78 is 5.82. The molecule has 0 aliphatic carbocycles. The standard InChI is InChI=1S/C21H27NO2/c1-4-19-12-5-6-13-20(19)24-17(3)21(23)22-14-8-11-18-10-7-9-16(2)15-18/h5-7,9-10,12-13,15,17H,4,8,11,14H2,1-3H3,(H,22,23). The molecular weight excluding hydrogens is 298 g/mol. The number of nitrogens with one attached hydrogen (secondary N) is 1. The van der Waals surface area contributed by atoms with Gasteiger partial charge in [-0.25, -0.2) is 0 Å². The summed E-state index contributed by atoms with van der Waals surface area (Å²) in [4.78, 5) is 12.2. The number of hydrogen-bond donors (Lipinski definition) is 1. The Kier molecular flexibility index (Phi) is 6.86. The van der Waals surface area contributed by atoms with Crippen molar-refractivity contribution in [2.45, 2.75) is 46.1 Å². The first kappa shape index (κ1) is 18.1. The SMILES string of the molecule is CCc1ccccc1OC(C)C(=O)NCCCc1cccc(C)c1. The first-order valence-corrected chi connectivity index (χ1v) is 8.68. The van der Waals surface area contributed by atoms with Crippen LogP contribution in [0.4, 0.5) is 0 Å². The molecule has 0 spiro atoms. The van der Waals surface area contributed by atoms with Crippen LogP contribution >= 0.6 is 0 Å². The van der Waals surface area contributed by atoms with Crippen molar-refractivity contribution in [3.05, 3.63) is 65.2 Å². The summed E-state index contributed by atoms with van der Waals surface area (Å²) in [5.74, 6) is 0.729. The number of benzene rings is 2. The van der Waals surface area contributed by atoms with Gasteiger partial charge < -0.3 is 10.1 Å². The molecule has 1 unspecified atom stereocenters. The molecule has 0 bridgehead atoms. The lowest BCUT2D eigenvalue weighted by Crippen LogP contribution is -2.37. The smallest absolute Gasteiger partial charge is 0.260 e. The fourth-order valence-corrected chi connectivity index (χ4v) is 2.67. The lowest BCUT2D eigenvalue weighted by molar-refractivity contribution is -0.127. The number of amides is 1. The van der Waals surface area contributed by atoms with Gasteiger partial charge in [-0.1, -0.05) is 55.0 Å². The first-order chi connectivity index (χ1) is 11.6. The van der Waals surface area contributed by atoms with E-state index < -0.39 is 6.10 Å². The van der Waals surface area contributed by atoms with E-state index in [-0.39, 0.29) is 5.91 Å². The number of carbonyl (C=O) groups excluding carboxylic acids is 1. The van der Waals surface area contributed by atoms with E-state index in [0.717, 1.165) is 30.6 Å². The Bertz CT molecular complexity index is 666. The van der Waals surface area contributed by atoms with Crippen LogP contribution in [0.15, 0.2) is 48.5 Å². The number of aryl methyl sites for hydroxylation is 3. The molecule has 128 valence electrons. The molecule has 1 amide bonds. The highest BCUT2D eigenvalue weighted by Crippen LogP contribution is 2.19. The van der Waals surface area contributed by atoms with Crippen LogP contribution in [0, 0.1) is 6.92 Å². The molecule has 24 heavy (non-hydrogen) atoms. The monoisotopic (exact) mass is 325 g/mol. The number of para-hydroxylation sites is 1. The molecule has 0 aliphatic rings. The molecule has 1 N–H and O–H groups in total. The number of carbonyl (C=O) groups is 1. The van der Waals surface area contributed by atoms with Gasteiger partial charge in [0.1, 0.15) is 5.75 Å². The third kappa shape index (κ3) is 5.41. The summed E-state index contributed by atoms with van der Waals surface area (Å²) in [6.45, 7) is 6.63. The van der Waals surface area contributed by atoms with Crippen LogP contribution in [0.1, 0.15) is 37.0 Å². The summed E-state index contributed by atoms with van der Waals surface area (Å²) in [6.07, 6.45) is 2.29. The Morgan fingerprint density at radius 2 is 1.96 bits per heavy atom. The van der Waals surface area contributed by atoms with Crippen LogP contribution in [0.5, 0.6) is 5.75 Å². The zero-order valence-electron chi connectivity index (χ0n) is 14.8. The Hall–Kier alpha value is -2.29. The maximum atomic E-state index is 12.2. The second-order valence-corrected chi connectivity index (χ2v) is 6.10. The largest absolute Gasteiger partial charge is 0.481 e. The van der Waals surface area contributed by atoms with Crippen molar-refractivity contribution in [3.63, 3.8) is 0 Å². The highest BCUT2D eigenvalue weighted by atomic mass is 16.5. The van der Waals surface area contributed by atoms with Crippen molar-refractivity contribution < 1.29 is 9.53 Å². The topological polar surface area (TPSA) is 38.3 Å². The maximum absolute atomic E-state index is 12.2. The van der Waals surface area contributed by atoms with Crippen LogP contribution in [-0.4, -0.2) is 18.6 Å². The molecule has 1 atom stereocenters. The van der Waals surface area contributed by atoms with Gasteiger partial charge in [0, 0.05) is 6.54 Å². The molecule has 0 heterocycles. The molecule has 0 saturated heterocycles. The fraction of sp³-hybridized carbons (Fsp3) is 0.381. The van der Waals surface area contributed by atoms with Crippen molar-refractivity contribution in [3.8, 4) is 5.75 Å². The Morgan fingerprint density at radius 1 is 1.17 bits per heavy atom. The molecule has 0 fully saturated rings. The molecule has 0 saturated carbocycles. The minimum Gasteiger partial charge on any atom is -0.481 e. The third-order valence-corrected chi connectivity index (χ3v) is 4.05. The quantitative estimate of drug-likeness (QED) is 0.743. The van der Waals surface area contributed by atoms with E-state index in [1.54, 1.807) is 6.92 Å². The highest BCUT2D eigenvalue weighted by Gasteiger charge is 2.15. The number of rotatable bonds is 8. The van der Waals surface area contributed by atoms with E-state index in [2.05, 4.69) is 43.4 Å². The zero-order chi connectivity index (χ0) is 17.4.